The van der Waals surface area contributed by atoms with Gasteiger partial charge in [0, 0.05) is 38.7 Å². The molecular formula is C68H46N2. The Morgan fingerprint density at radius 2 is 0.814 bits per heavy atom. The molecule has 0 radical (unpaired) electrons. The molecule has 12 aromatic carbocycles. The molecule has 0 amide bonds. The summed E-state index contributed by atoms with van der Waals surface area (Å²) >= 11 is 0. The lowest BCUT2D eigenvalue weighted by Gasteiger charge is -2.31. The van der Waals surface area contributed by atoms with Crippen LogP contribution in [-0.4, -0.2) is 4.57 Å². The fourth-order valence-electron chi connectivity index (χ4n) is 10.6. The van der Waals surface area contributed by atoms with Gasteiger partial charge in [0.1, 0.15) is 0 Å². The van der Waals surface area contributed by atoms with Crippen LogP contribution in [0.5, 0.6) is 0 Å². The summed E-state index contributed by atoms with van der Waals surface area (Å²) < 4.78 is 2.44. The summed E-state index contributed by atoms with van der Waals surface area (Å²) in [4.78, 5) is 2.49. The summed E-state index contributed by atoms with van der Waals surface area (Å²) in [5.41, 5.74) is 18.4. The molecule has 0 spiro atoms. The first-order valence-electron chi connectivity index (χ1n) is 24.1. The second kappa shape index (κ2) is 17.4. The van der Waals surface area contributed by atoms with Crippen molar-refractivity contribution in [2.24, 2.45) is 0 Å². The van der Waals surface area contributed by atoms with Crippen molar-refractivity contribution in [3.8, 4) is 61.3 Å². The molecule has 0 saturated carbocycles. The number of benzene rings is 12. The average molecular weight is 891 g/mol. The lowest BCUT2D eigenvalue weighted by atomic mass is 9.92. The highest BCUT2D eigenvalue weighted by molar-refractivity contribution is 6.18. The topological polar surface area (TPSA) is 8.17 Å². The van der Waals surface area contributed by atoms with Gasteiger partial charge in [0.15, 0.2) is 0 Å². The van der Waals surface area contributed by atoms with Crippen molar-refractivity contribution in [3.63, 3.8) is 0 Å². The zero-order valence-electron chi connectivity index (χ0n) is 38.5. The monoisotopic (exact) mass is 890 g/mol. The minimum atomic E-state index is 1.06. The van der Waals surface area contributed by atoms with Gasteiger partial charge in [-0.25, -0.2) is 0 Å². The first-order valence-corrected chi connectivity index (χ1v) is 24.1. The highest BCUT2D eigenvalue weighted by atomic mass is 15.1. The Balaban J connectivity index is 1.04. The third-order valence-electron chi connectivity index (χ3n) is 14.0. The van der Waals surface area contributed by atoms with E-state index in [0.717, 1.165) is 45.0 Å². The molecule has 1 aromatic heterocycles. The average Bonchev–Trinajstić information content (AvgIpc) is 3.79. The number of anilines is 3. The summed E-state index contributed by atoms with van der Waals surface area (Å²) in [6.45, 7) is 0. The molecular weight excluding hydrogens is 845 g/mol. The minimum Gasteiger partial charge on any atom is -0.309 e. The smallest absolute Gasteiger partial charge is 0.0619 e. The Morgan fingerprint density at radius 3 is 1.59 bits per heavy atom. The van der Waals surface area contributed by atoms with E-state index in [4.69, 9.17) is 0 Å². The quantitative estimate of drug-likeness (QED) is 0.140. The molecule has 0 atom stereocenters. The maximum absolute atomic E-state index is 2.49. The van der Waals surface area contributed by atoms with Crippen LogP contribution in [0.25, 0.3) is 105 Å². The lowest BCUT2D eigenvalue weighted by Crippen LogP contribution is -2.13. The van der Waals surface area contributed by atoms with Gasteiger partial charge in [-0.05, 0) is 115 Å². The maximum atomic E-state index is 2.49. The van der Waals surface area contributed by atoms with Crippen LogP contribution in [0.1, 0.15) is 0 Å². The van der Waals surface area contributed by atoms with Crippen LogP contribution < -0.4 is 4.90 Å². The normalized spacial score (nSPS) is 11.4. The largest absolute Gasteiger partial charge is 0.309 e. The van der Waals surface area contributed by atoms with Crippen molar-refractivity contribution in [3.05, 3.63) is 279 Å². The molecule has 0 unspecified atom stereocenters. The Morgan fingerprint density at radius 1 is 0.257 bits per heavy atom. The molecule has 0 bridgehead atoms. The van der Waals surface area contributed by atoms with Crippen LogP contribution in [0.2, 0.25) is 0 Å². The molecule has 0 aliphatic heterocycles. The number of para-hydroxylation sites is 2. The summed E-state index contributed by atoms with van der Waals surface area (Å²) in [6, 6.07) is 102. The number of nitrogens with zero attached hydrogens (tertiary/aromatic N) is 2. The van der Waals surface area contributed by atoms with Crippen molar-refractivity contribution in [1.29, 1.82) is 0 Å². The van der Waals surface area contributed by atoms with Gasteiger partial charge in [-0.15, -0.1) is 0 Å². The first-order chi connectivity index (χ1) is 34.7. The van der Waals surface area contributed by atoms with Crippen molar-refractivity contribution in [2.45, 2.75) is 0 Å². The van der Waals surface area contributed by atoms with E-state index in [1.54, 1.807) is 0 Å². The van der Waals surface area contributed by atoms with Crippen molar-refractivity contribution in [2.75, 3.05) is 4.90 Å². The van der Waals surface area contributed by atoms with Gasteiger partial charge in [0.2, 0.25) is 0 Å². The van der Waals surface area contributed by atoms with Gasteiger partial charge < -0.3 is 9.47 Å². The van der Waals surface area contributed by atoms with E-state index in [1.807, 2.05) is 0 Å². The van der Waals surface area contributed by atoms with Gasteiger partial charge >= 0.3 is 0 Å². The molecule has 328 valence electrons. The zero-order valence-corrected chi connectivity index (χ0v) is 38.5. The molecule has 0 saturated heterocycles. The molecule has 1 heterocycles. The van der Waals surface area contributed by atoms with Crippen molar-refractivity contribution >= 4 is 60.4 Å². The van der Waals surface area contributed by atoms with Gasteiger partial charge in [0.05, 0.1) is 22.4 Å². The first kappa shape index (κ1) is 41.0. The zero-order chi connectivity index (χ0) is 46.4. The molecule has 0 aliphatic rings. The van der Waals surface area contributed by atoms with Crippen LogP contribution in [0.4, 0.5) is 17.1 Å². The summed E-state index contributed by atoms with van der Waals surface area (Å²) in [6.07, 6.45) is 0. The minimum absolute atomic E-state index is 1.06. The highest BCUT2D eigenvalue weighted by Gasteiger charge is 2.24. The molecule has 13 rings (SSSR count). The van der Waals surface area contributed by atoms with E-state index in [0.29, 0.717) is 0 Å². The third kappa shape index (κ3) is 7.22. The van der Waals surface area contributed by atoms with Gasteiger partial charge in [-0.2, -0.15) is 0 Å². The van der Waals surface area contributed by atoms with Crippen LogP contribution in [0, 0.1) is 0 Å². The molecule has 2 heteroatoms. The number of fused-ring (bicyclic) bond motifs is 6. The highest BCUT2D eigenvalue weighted by Crippen LogP contribution is 2.48. The fraction of sp³-hybridized carbons (Fsp3) is 0. The SMILES string of the molecule is c1ccc(-c2ccc(N(c3ccc(-c4ccccc4)c(-c4ccccc4)c3)c3ccccc3-c3ccc(-n4c5ccccc5c5ccc6ccccc6c54)cc3)c(-c3ccc4ccccc4c3)c2)cc1. The standard InChI is InChI=1S/C68H46N2/c1-4-18-47(19-5-1)54-37-43-67(64(45-54)55-33-32-48-20-10-11-26-53(48)44-55)69(57-40-42-58(49-21-6-2-7-22-49)63(46-57)50-23-8-3-9-24-50)65-30-16-14-27-59(65)52-34-38-56(39-35-52)70-66-31-17-15-29-61(66)62-41-36-51-25-12-13-28-60(51)68(62)70/h1-46H. The van der Waals surface area contributed by atoms with E-state index in [1.165, 1.54) is 76.7 Å². The second-order valence-electron chi connectivity index (χ2n) is 18.1. The second-order valence-corrected chi connectivity index (χ2v) is 18.1. The van der Waals surface area contributed by atoms with Crippen LogP contribution in [0.15, 0.2) is 279 Å². The van der Waals surface area contributed by atoms with Crippen molar-refractivity contribution < 1.29 is 0 Å². The Kier molecular flexibility index (Phi) is 10.2. The maximum Gasteiger partial charge on any atom is 0.0619 e. The molecule has 0 aliphatic carbocycles. The Labute approximate surface area is 408 Å². The number of rotatable bonds is 9. The lowest BCUT2D eigenvalue weighted by molar-refractivity contribution is 1.19. The Bertz CT molecular complexity index is 4040. The summed E-state index contributed by atoms with van der Waals surface area (Å²) in [5, 5.41) is 7.41. The van der Waals surface area contributed by atoms with Crippen LogP contribution in [0.3, 0.4) is 0 Å². The van der Waals surface area contributed by atoms with Crippen molar-refractivity contribution in [1.82, 2.24) is 4.57 Å². The summed E-state index contributed by atoms with van der Waals surface area (Å²) in [5.74, 6) is 0. The summed E-state index contributed by atoms with van der Waals surface area (Å²) in [7, 11) is 0. The predicted molar refractivity (Wildman–Crippen MR) is 298 cm³/mol. The van der Waals surface area contributed by atoms with Gasteiger partial charge in [0.25, 0.3) is 0 Å². The van der Waals surface area contributed by atoms with E-state index >= 15 is 0 Å². The van der Waals surface area contributed by atoms with Crippen LogP contribution >= 0.6 is 0 Å². The van der Waals surface area contributed by atoms with E-state index in [9.17, 15) is 0 Å². The Hall–Kier alpha value is -9.24. The number of aromatic nitrogens is 1. The van der Waals surface area contributed by atoms with Gasteiger partial charge in [-0.1, -0.05) is 224 Å². The molecule has 70 heavy (non-hydrogen) atoms. The predicted octanol–water partition coefficient (Wildman–Crippen LogP) is 18.9. The van der Waals surface area contributed by atoms with Crippen LogP contribution in [-0.2, 0) is 0 Å². The molecule has 2 nitrogen and oxygen atoms in total. The van der Waals surface area contributed by atoms with E-state index in [-0.39, 0.29) is 0 Å². The third-order valence-corrected chi connectivity index (χ3v) is 14.0. The van der Waals surface area contributed by atoms with Gasteiger partial charge in [-0.3, -0.25) is 0 Å². The molecule has 13 aromatic rings. The van der Waals surface area contributed by atoms with E-state index in [2.05, 4.69) is 289 Å². The molecule has 0 fully saturated rings. The molecule has 0 N–H and O–H groups in total. The number of hydrogen-bond acceptors (Lipinski definition) is 1. The van der Waals surface area contributed by atoms with E-state index < -0.39 is 0 Å². The fourth-order valence-corrected chi connectivity index (χ4v) is 10.6. The number of hydrogen-bond donors (Lipinski definition) is 0.